The van der Waals surface area contributed by atoms with Gasteiger partial charge >= 0.3 is 0 Å². The molecule has 4 rings (SSSR count). The van der Waals surface area contributed by atoms with Gasteiger partial charge in [-0.15, -0.1) is 0 Å². The van der Waals surface area contributed by atoms with Crippen LogP contribution >= 0.6 is 11.6 Å². The topological polar surface area (TPSA) is 125 Å². The molecule has 35 heavy (non-hydrogen) atoms. The minimum absolute atomic E-state index is 0.00308. The van der Waals surface area contributed by atoms with Gasteiger partial charge in [0, 0.05) is 29.3 Å². The van der Waals surface area contributed by atoms with Crippen LogP contribution in [0.25, 0.3) is 0 Å². The SMILES string of the molecule is N#Cc1ccc(N2C(=O)CC(N(Cc3ccccc3Cl)C(=O)c3cccc([N+](=O)[O-])c3)C2=O)cc1. The van der Waals surface area contributed by atoms with Gasteiger partial charge in [-0.3, -0.25) is 24.5 Å². The molecule has 1 fully saturated rings. The number of imide groups is 1. The van der Waals surface area contributed by atoms with E-state index in [2.05, 4.69) is 0 Å². The third-order valence-electron chi connectivity index (χ3n) is 5.62. The Kier molecular flexibility index (Phi) is 6.57. The number of carbonyl (C=O) groups excluding carboxylic acids is 3. The highest BCUT2D eigenvalue weighted by atomic mass is 35.5. The maximum absolute atomic E-state index is 13.5. The predicted octanol–water partition coefficient (Wildman–Crippen LogP) is 4.09. The lowest BCUT2D eigenvalue weighted by Crippen LogP contribution is -2.45. The van der Waals surface area contributed by atoms with Crippen molar-refractivity contribution < 1.29 is 19.3 Å². The molecule has 0 radical (unpaired) electrons. The number of nitro groups is 1. The molecule has 3 aromatic rings. The summed E-state index contributed by atoms with van der Waals surface area (Å²) >= 11 is 6.29. The number of non-ortho nitro benzene ring substituents is 1. The van der Waals surface area contributed by atoms with E-state index in [9.17, 15) is 24.5 Å². The third kappa shape index (κ3) is 4.74. The first-order valence-electron chi connectivity index (χ1n) is 10.5. The molecule has 1 aliphatic heterocycles. The van der Waals surface area contributed by atoms with E-state index in [1.165, 1.54) is 47.4 Å². The van der Waals surface area contributed by atoms with Crippen molar-refractivity contribution in [3.8, 4) is 6.07 Å². The molecule has 0 aromatic heterocycles. The molecule has 1 unspecified atom stereocenters. The predicted molar refractivity (Wildman–Crippen MR) is 126 cm³/mol. The normalized spacial score (nSPS) is 15.1. The molecular formula is C25H17ClN4O5. The van der Waals surface area contributed by atoms with Crippen molar-refractivity contribution in [1.29, 1.82) is 5.26 Å². The molecule has 0 spiro atoms. The van der Waals surface area contributed by atoms with Crippen LogP contribution in [0.4, 0.5) is 11.4 Å². The van der Waals surface area contributed by atoms with Crippen molar-refractivity contribution >= 4 is 40.7 Å². The van der Waals surface area contributed by atoms with Crippen molar-refractivity contribution in [2.45, 2.75) is 19.0 Å². The zero-order valence-corrected chi connectivity index (χ0v) is 18.9. The molecule has 0 aliphatic carbocycles. The third-order valence-corrected chi connectivity index (χ3v) is 5.99. The zero-order valence-electron chi connectivity index (χ0n) is 18.1. The van der Waals surface area contributed by atoms with E-state index < -0.39 is 28.7 Å². The number of anilines is 1. The molecule has 1 saturated heterocycles. The van der Waals surface area contributed by atoms with Crippen molar-refractivity contribution in [3.63, 3.8) is 0 Å². The number of carbonyl (C=O) groups is 3. The van der Waals surface area contributed by atoms with Crippen LogP contribution in [-0.4, -0.2) is 33.6 Å². The van der Waals surface area contributed by atoms with E-state index in [4.69, 9.17) is 16.9 Å². The molecule has 1 heterocycles. The number of nitrogens with zero attached hydrogens (tertiary/aromatic N) is 4. The molecule has 9 nitrogen and oxygen atoms in total. The number of nitriles is 1. The number of hydrogen-bond donors (Lipinski definition) is 0. The maximum Gasteiger partial charge on any atom is 0.270 e. The average Bonchev–Trinajstić information content (AvgIpc) is 3.16. The van der Waals surface area contributed by atoms with Crippen LogP contribution in [0.3, 0.4) is 0 Å². The van der Waals surface area contributed by atoms with Crippen LogP contribution in [0.5, 0.6) is 0 Å². The highest BCUT2D eigenvalue weighted by Gasteiger charge is 2.44. The van der Waals surface area contributed by atoms with E-state index in [0.717, 1.165) is 11.0 Å². The minimum atomic E-state index is -1.15. The lowest BCUT2D eigenvalue weighted by atomic mass is 10.1. The van der Waals surface area contributed by atoms with Gasteiger partial charge in [0.05, 0.1) is 28.7 Å². The number of hydrogen-bond acceptors (Lipinski definition) is 6. The molecule has 1 aliphatic rings. The molecule has 0 N–H and O–H groups in total. The first kappa shape index (κ1) is 23.6. The monoisotopic (exact) mass is 488 g/mol. The van der Waals surface area contributed by atoms with Crippen LogP contribution in [0.2, 0.25) is 5.02 Å². The summed E-state index contributed by atoms with van der Waals surface area (Å²) in [6.07, 6.45) is -0.274. The fourth-order valence-corrected chi connectivity index (χ4v) is 4.06. The summed E-state index contributed by atoms with van der Waals surface area (Å²) in [5.74, 6) is -1.78. The number of benzene rings is 3. The van der Waals surface area contributed by atoms with Gasteiger partial charge in [0.1, 0.15) is 6.04 Å². The summed E-state index contributed by atoms with van der Waals surface area (Å²) in [6.45, 7) is -0.0912. The molecule has 3 aromatic carbocycles. The van der Waals surface area contributed by atoms with Crippen LogP contribution in [0, 0.1) is 21.4 Å². The molecule has 0 bridgehead atoms. The van der Waals surface area contributed by atoms with Crippen molar-refractivity contribution in [3.05, 3.63) is 105 Å². The van der Waals surface area contributed by atoms with Crippen molar-refractivity contribution in [1.82, 2.24) is 4.90 Å². The van der Waals surface area contributed by atoms with Gasteiger partial charge in [0.25, 0.3) is 17.5 Å². The second-order valence-electron chi connectivity index (χ2n) is 7.78. The van der Waals surface area contributed by atoms with Gasteiger partial charge in [-0.1, -0.05) is 35.9 Å². The fraction of sp³-hybridized carbons (Fsp3) is 0.120. The van der Waals surface area contributed by atoms with Crippen molar-refractivity contribution in [2.24, 2.45) is 0 Å². The summed E-state index contributed by atoms with van der Waals surface area (Å²) in [7, 11) is 0. The van der Waals surface area contributed by atoms with Crippen LogP contribution < -0.4 is 4.90 Å². The molecular weight excluding hydrogens is 472 g/mol. The van der Waals surface area contributed by atoms with E-state index in [1.807, 2.05) is 6.07 Å². The minimum Gasteiger partial charge on any atom is -0.322 e. The van der Waals surface area contributed by atoms with E-state index in [-0.39, 0.29) is 29.9 Å². The molecule has 1 atom stereocenters. The largest absolute Gasteiger partial charge is 0.322 e. The highest BCUT2D eigenvalue weighted by Crippen LogP contribution is 2.29. The second-order valence-corrected chi connectivity index (χ2v) is 8.19. The number of amides is 3. The number of rotatable bonds is 6. The molecule has 174 valence electrons. The molecule has 3 amide bonds. The van der Waals surface area contributed by atoms with Gasteiger partial charge in [-0.05, 0) is 42.0 Å². The zero-order chi connectivity index (χ0) is 25.1. The van der Waals surface area contributed by atoms with E-state index in [0.29, 0.717) is 16.1 Å². The van der Waals surface area contributed by atoms with E-state index >= 15 is 0 Å². The van der Waals surface area contributed by atoms with Gasteiger partial charge < -0.3 is 4.90 Å². The molecule has 0 saturated carbocycles. The summed E-state index contributed by atoms with van der Waals surface area (Å²) < 4.78 is 0. The fourth-order valence-electron chi connectivity index (χ4n) is 3.87. The molecule has 10 heteroatoms. The quantitative estimate of drug-likeness (QED) is 0.292. The first-order chi connectivity index (χ1) is 16.8. The first-order valence-corrected chi connectivity index (χ1v) is 10.8. The van der Waals surface area contributed by atoms with Gasteiger partial charge in [0.2, 0.25) is 5.91 Å². The van der Waals surface area contributed by atoms with Gasteiger partial charge in [-0.25, -0.2) is 4.90 Å². The maximum atomic E-state index is 13.5. The van der Waals surface area contributed by atoms with Gasteiger partial charge in [0.15, 0.2) is 0 Å². The Morgan fingerprint density at radius 3 is 2.49 bits per heavy atom. The Morgan fingerprint density at radius 1 is 1.11 bits per heavy atom. The average molecular weight is 489 g/mol. The summed E-state index contributed by atoms with van der Waals surface area (Å²) in [5, 5.41) is 20.6. The highest BCUT2D eigenvalue weighted by molar-refractivity contribution is 6.31. The lowest BCUT2D eigenvalue weighted by molar-refractivity contribution is -0.384. The Balaban J connectivity index is 1.72. The Hall–Kier alpha value is -4.55. The standard InChI is InChI=1S/C25H17ClN4O5/c26-21-7-2-1-4-18(21)15-28(24(32)17-5-3-6-20(12-17)30(34)35)22-13-23(31)29(25(22)33)19-10-8-16(14-27)9-11-19/h1-12,22H,13,15H2. The van der Waals surface area contributed by atoms with Crippen LogP contribution in [0.1, 0.15) is 27.9 Å². The Morgan fingerprint density at radius 2 is 1.83 bits per heavy atom. The summed E-state index contributed by atoms with van der Waals surface area (Å²) in [6, 6.07) is 18.7. The van der Waals surface area contributed by atoms with Crippen molar-refractivity contribution in [2.75, 3.05) is 4.90 Å². The Bertz CT molecular complexity index is 1380. The summed E-state index contributed by atoms with van der Waals surface area (Å²) in [4.78, 5) is 52.6. The number of halogens is 1. The second kappa shape index (κ2) is 9.75. The number of nitro benzene ring substituents is 1. The smallest absolute Gasteiger partial charge is 0.270 e. The van der Waals surface area contributed by atoms with Gasteiger partial charge in [-0.2, -0.15) is 5.26 Å². The Labute approximate surface area is 204 Å². The van der Waals surface area contributed by atoms with Crippen LogP contribution in [-0.2, 0) is 16.1 Å². The van der Waals surface area contributed by atoms with Crippen LogP contribution in [0.15, 0.2) is 72.8 Å². The lowest BCUT2D eigenvalue weighted by Gasteiger charge is -2.28. The summed E-state index contributed by atoms with van der Waals surface area (Å²) in [5.41, 5.74) is 0.919. The van der Waals surface area contributed by atoms with E-state index in [1.54, 1.807) is 24.3 Å².